The first-order valence-electron chi connectivity index (χ1n) is 12.5. The molecule has 0 aromatic heterocycles. The second kappa shape index (κ2) is 15.5. The third-order valence-electron chi connectivity index (χ3n) is 6.35. The predicted molar refractivity (Wildman–Crippen MR) is 155 cm³/mol. The normalized spacial score (nSPS) is 14.4. The molecule has 3 rings (SSSR count). The van der Waals surface area contributed by atoms with E-state index in [0.717, 1.165) is 10.5 Å². The van der Waals surface area contributed by atoms with Gasteiger partial charge in [0, 0.05) is 30.0 Å². The Morgan fingerprint density at radius 3 is 2.42 bits per heavy atom. The molecule has 0 radical (unpaired) electrons. The average Bonchev–Trinajstić information content (AvgIpc) is 2.98. The molecule has 1 saturated heterocycles. The van der Waals surface area contributed by atoms with Crippen LogP contribution in [0.2, 0.25) is 10.0 Å². The van der Waals surface area contributed by atoms with Gasteiger partial charge in [0.05, 0.1) is 23.7 Å². The van der Waals surface area contributed by atoms with Crippen LogP contribution in [0, 0.1) is 5.92 Å². The van der Waals surface area contributed by atoms with E-state index >= 15 is 0 Å². The molecule has 0 spiro atoms. The van der Waals surface area contributed by atoms with Crippen LogP contribution in [0.25, 0.3) is 6.08 Å². The Kier molecular flexibility index (Phi) is 12.2. The van der Waals surface area contributed by atoms with Gasteiger partial charge in [-0.3, -0.25) is 9.59 Å². The number of likely N-dealkylation sites (tertiary alicyclic amines) is 1. The van der Waals surface area contributed by atoms with Gasteiger partial charge in [-0.05, 0) is 42.4 Å². The molecule has 0 bridgehead atoms. The summed E-state index contributed by atoms with van der Waals surface area (Å²) in [4.78, 5) is 52.4. The molecule has 2 aromatic rings. The fourth-order valence-electron chi connectivity index (χ4n) is 4.05. The summed E-state index contributed by atoms with van der Waals surface area (Å²) >= 11 is 14.1. The standard InChI is InChI=1S/C28H31Cl2N3O6S/c1-38-27(36)21(16-31-28(37)39-17-18-6-4-3-5-7-18)32-26(35)20-12-14-33(15-13-20)23(34)11-9-19-8-10-22(40-2)25(30)24(19)29/h3-11,20-21H,12-17H2,1-2H3,(H,31,37)(H,32,35). The van der Waals surface area contributed by atoms with Gasteiger partial charge in [-0.2, -0.15) is 0 Å². The Labute approximate surface area is 247 Å². The van der Waals surface area contributed by atoms with E-state index in [1.54, 1.807) is 17.0 Å². The van der Waals surface area contributed by atoms with Gasteiger partial charge in [-0.25, -0.2) is 9.59 Å². The van der Waals surface area contributed by atoms with Crippen molar-refractivity contribution in [2.45, 2.75) is 30.4 Å². The number of carbonyl (C=O) groups excluding carboxylic acids is 4. The number of carbonyl (C=O) groups is 4. The van der Waals surface area contributed by atoms with E-state index in [9.17, 15) is 19.2 Å². The number of nitrogens with zero attached hydrogens (tertiary/aromatic N) is 1. The third-order valence-corrected chi connectivity index (χ3v) is 8.13. The highest BCUT2D eigenvalue weighted by atomic mass is 35.5. The highest BCUT2D eigenvalue weighted by Gasteiger charge is 2.30. The van der Waals surface area contributed by atoms with Crippen LogP contribution in [-0.4, -0.2) is 67.8 Å². The number of halogens is 2. The predicted octanol–water partition coefficient (Wildman–Crippen LogP) is 4.55. The van der Waals surface area contributed by atoms with Crippen LogP contribution < -0.4 is 10.6 Å². The Hall–Kier alpha value is -3.21. The molecule has 214 valence electrons. The lowest BCUT2D eigenvalue weighted by atomic mass is 9.95. The van der Waals surface area contributed by atoms with Crippen molar-refractivity contribution in [2.75, 3.05) is 33.0 Å². The van der Waals surface area contributed by atoms with Crippen LogP contribution in [0.5, 0.6) is 0 Å². The summed E-state index contributed by atoms with van der Waals surface area (Å²) in [5.41, 5.74) is 1.45. The Morgan fingerprint density at radius 1 is 1.07 bits per heavy atom. The van der Waals surface area contributed by atoms with Crippen LogP contribution in [0.3, 0.4) is 0 Å². The van der Waals surface area contributed by atoms with Gasteiger partial charge in [0.15, 0.2) is 0 Å². The highest BCUT2D eigenvalue weighted by Crippen LogP contribution is 2.35. The molecule has 1 unspecified atom stereocenters. The van der Waals surface area contributed by atoms with Gasteiger partial charge < -0.3 is 25.0 Å². The Morgan fingerprint density at radius 2 is 1.77 bits per heavy atom. The van der Waals surface area contributed by atoms with Gasteiger partial charge in [-0.15, -0.1) is 11.8 Å². The molecule has 1 aliphatic rings. The van der Waals surface area contributed by atoms with Crippen molar-refractivity contribution in [3.63, 3.8) is 0 Å². The molecular weight excluding hydrogens is 577 g/mol. The molecule has 0 aliphatic carbocycles. The minimum Gasteiger partial charge on any atom is -0.467 e. The van der Waals surface area contributed by atoms with E-state index in [1.807, 2.05) is 42.7 Å². The van der Waals surface area contributed by atoms with Crippen molar-refractivity contribution < 1.29 is 28.7 Å². The van der Waals surface area contributed by atoms with Crippen molar-refractivity contribution >= 4 is 64.9 Å². The first-order valence-corrected chi connectivity index (χ1v) is 14.5. The number of rotatable bonds is 10. The second-order valence-electron chi connectivity index (χ2n) is 8.94. The third kappa shape index (κ3) is 8.90. The minimum atomic E-state index is -1.08. The molecule has 2 N–H and O–H groups in total. The fourth-order valence-corrected chi connectivity index (χ4v) is 5.22. The van der Waals surface area contributed by atoms with Crippen molar-refractivity contribution in [3.8, 4) is 0 Å². The quantitative estimate of drug-likeness (QED) is 0.231. The summed E-state index contributed by atoms with van der Waals surface area (Å²) < 4.78 is 9.92. The monoisotopic (exact) mass is 607 g/mol. The number of nitrogens with one attached hydrogen (secondary N) is 2. The van der Waals surface area contributed by atoms with Crippen LogP contribution in [0.15, 0.2) is 53.4 Å². The molecule has 40 heavy (non-hydrogen) atoms. The van der Waals surface area contributed by atoms with Crippen molar-refractivity contribution in [1.29, 1.82) is 0 Å². The lowest BCUT2D eigenvalue weighted by Crippen LogP contribution is -2.52. The lowest BCUT2D eigenvalue weighted by molar-refractivity contribution is -0.145. The van der Waals surface area contributed by atoms with Crippen molar-refractivity contribution in [3.05, 3.63) is 69.7 Å². The zero-order valence-electron chi connectivity index (χ0n) is 22.2. The lowest BCUT2D eigenvalue weighted by Gasteiger charge is -2.31. The number of thioether (sulfide) groups is 1. The number of ether oxygens (including phenoxy) is 2. The first-order chi connectivity index (χ1) is 19.2. The largest absolute Gasteiger partial charge is 0.467 e. The van der Waals surface area contributed by atoms with Gasteiger partial charge in [-0.1, -0.05) is 59.6 Å². The number of esters is 1. The summed E-state index contributed by atoms with van der Waals surface area (Å²) in [5, 5.41) is 5.96. The number of benzene rings is 2. The number of piperidine rings is 1. The number of hydrogen-bond donors (Lipinski definition) is 2. The van der Waals surface area contributed by atoms with E-state index in [4.69, 9.17) is 32.7 Å². The smallest absolute Gasteiger partial charge is 0.407 e. The van der Waals surface area contributed by atoms with Crippen molar-refractivity contribution in [1.82, 2.24) is 15.5 Å². The fraction of sp³-hybridized carbons (Fsp3) is 0.357. The van der Waals surface area contributed by atoms with Crippen LogP contribution in [0.1, 0.15) is 24.0 Å². The Balaban J connectivity index is 1.47. The molecular formula is C28H31Cl2N3O6S. The van der Waals surface area contributed by atoms with Gasteiger partial charge in [0.2, 0.25) is 11.8 Å². The average molecular weight is 609 g/mol. The molecule has 9 nitrogen and oxygen atoms in total. The van der Waals surface area contributed by atoms with Crippen LogP contribution >= 0.6 is 35.0 Å². The van der Waals surface area contributed by atoms with E-state index in [1.165, 1.54) is 24.9 Å². The molecule has 1 atom stereocenters. The Bertz CT molecular complexity index is 1240. The molecule has 0 saturated carbocycles. The molecule has 1 fully saturated rings. The van der Waals surface area contributed by atoms with E-state index in [0.29, 0.717) is 41.5 Å². The summed E-state index contributed by atoms with van der Waals surface area (Å²) in [6.45, 7) is 0.611. The van der Waals surface area contributed by atoms with E-state index in [2.05, 4.69) is 10.6 Å². The molecule has 3 amide bonds. The van der Waals surface area contributed by atoms with E-state index < -0.39 is 24.0 Å². The summed E-state index contributed by atoms with van der Waals surface area (Å²) in [6, 6.07) is 11.7. The second-order valence-corrected chi connectivity index (χ2v) is 10.5. The topological polar surface area (TPSA) is 114 Å². The maximum atomic E-state index is 12.9. The van der Waals surface area contributed by atoms with Crippen molar-refractivity contribution in [2.24, 2.45) is 5.92 Å². The van der Waals surface area contributed by atoms with Crippen LogP contribution in [0.4, 0.5) is 4.79 Å². The number of alkyl carbamates (subject to hydrolysis) is 1. The maximum Gasteiger partial charge on any atom is 0.407 e. The molecule has 12 heteroatoms. The van der Waals surface area contributed by atoms with Gasteiger partial charge >= 0.3 is 12.1 Å². The number of amides is 3. The van der Waals surface area contributed by atoms with Gasteiger partial charge in [0.1, 0.15) is 12.6 Å². The number of hydrogen-bond acceptors (Lipinski definition) is 7. The molecule has 1 heterocycles. The summed E-state index contributed by atoms with van der Waals surface area (Å²) in [7, 11) is 1.20. The SMILES string of the molecule is COC(=O)C(CNC(=O)OCc1ccccc1)NC(=O)C1CCN(C(=O)C=Cc2ccc(SC)c(Cl)c2Cl)CC1. The zero-order chi connectivity index (χ0) is 29.1. The zero-order valence-corrected chi connectivity index (χ0v) is 24.5. The minimum absolute atomic E-state index is 0.0689. The van der Waals surface area contributed by atoms with Gasteiger partial charge in [0.25, 0.3) is 0 Å². The number of methoxy groups -OCH3 is 1. The molecule has 1 aliphatic heterocycles. The summed E-state index contributed by atoms with van der Waals surface area (Å²) in [5.74, 6) is -1.66. The molecule has 2 aromatic carbocycles. The maximum absolute atomic E-state index is 12.9. The summed E-state index contributed by atoms with van der Waals surface area (Å²) in [6.07, 6.45) is 5.07. The van der Waals surface area contributed by atoms with E-state index in [-0.39, 0.29) is 25.0 Å². The highest BCUT2D eigenvalue weighted by molar-refractivity contribution is 7.98. The van der Waals surface area contributed by atoms with Crippen LogP contribution in [-0.2, 0) is 30.5 Å². The first kappa shape index (κ1) is 31.3.